The van der Waals surface area contributed by atoms with E-state index in [2.05, 4.69) is 27.4 Å². The zero-order valence-corrected chi connectivity index (χ0v) is 17.1. The van der Waals surface area contributed by atoms with E-state index in [1.807, 2.05) is 35.9 Å². The number of nitrogens with one attached hydrogen (secondary N) is 1. The van der Waals surface area contributed by atoms with Crippen LogP contribution in [-0.4, -0.2) is 42.1 Å². The third kappa shape index (κ3) is 3.16. The number of hydrogen-bond acceptors (Lipinski definition) is 6. The number of aromatic hydroxyl groups is 1. The van der Waals surface area contributed by atoms with Gasteiger partial charge in [0.25, 0.3) is 0 Å². The zero-order valence-electron chi connectivity index (χ0n) is 16.3. The average Bonchev–Trinajstić information content (AvgIpc) is 3.41. The average molecular weight is 412 g/mol. The Kier molecular flexibility index (Phi) is 4.11. The van der Waals surface area contributed by atoms with Crippen molar-refractivity contribution < 1.29 is 9.50 Å². The maximum absolute atomic E-state index is 15.1. The lowest BCUT2D eigenvalue weighted by molar-refractivity contribution is 0.160. The summed E-state index contributed by atoms with van der Waals surface area (Å²) in [5.74, 6) is 0.120. The summed E-state index contributed by atoms with van der Waals surface area (Å²) in [6.07, 6.45) is 8.44. The first-order valence-corrected chi connectivity index (χ1v) is 10.5. The van der Waals surface area contributed by atoms with E-state index < -0.39 is 11.7 Å². The molecule has 1 aromatic carbocycles. The van der Waals surface area contributed by atoms with Crippen molar-refractivity contribution in [2.24, 2.45) is 0 Å². The summed E-state index contributed by atoms with van der Waals surface area (Å²) in [5, 5.41) is 23.7. The molecule has 4 heterocycles. The number of halogens is 1. The molecule has 2 saturated heterocycles. The van der Waals surface area contributed by atoms with Crippen LogP contribution in [0.1, 0.15) is 38.1 Å². The number of nitrogens with zero attached hydrogens (tertiary/aromatic N) is 4. The van der Waals surface area contributed by atoms with Gasteiger partial charge in [-0.25, -0.2) is 9.37 Å². The smallest absolute Gasteiger partial charge is 0.151 e. The van der Waals surface area contributed by atoms with E-state index in [1.165, 1.54) is 11.3 Å². The van der Waals surface area contributed by atoms with Crippen molar-refractivity contribution in [2.75, 3.05) is 0 Å². The van der Waals surface area contributed by atoms with Gasteiger partial charge in [0.05, 0.1) is 23.1 Å². The van der Waals surface area contributed by atoms with Crippen molar-refractivity contribution in [2.45, 2.75) is 50.4 Å². The Morgan fingerprint density at radius 1 is 1.31 bits per heavy atom. The van der Waals surface area contributed by atoms with Gasteiger partial charge in [0.1, 0.15) is 16.9 Å². The summed E-state index contributed by atoms with van der Waals surface area (Å²) < 4.78 is 16.9. The lowest BCUT2D eigenvalue weighted by Crippen LogP contribution is -2.57. The molecule has 8 heteroatoms. The second-order valence-electron chi connectivity index (χ2n) is 8.48. The quantitative estimate of drug-likeness (QED) is 0.678. The molecule has 3 atom stereocenters. The molecule has 2 bridgehead atoms. The molecule has 5 rings (SSSR count). The van der Waals surface area contributed by atoms with E-state index in [-0.39, 0.29) is 11.3 Å². The Morgan fingerprint density at radius 2 is 2.17 bits per heavy atom. The predicted octanol–water partition coefficient (Wildman–Crippen LogP) is 4.12. The molecule has 6 nitrogen and oxygen atoms in total. The Balaban J connectivity index is 1.44. The van der Waals surface area contributed by atoms with Crippen molar-refractivity contribution in [3.05, 3.63) is 47.5 Å². The predicted molar refractivity (Wildman–Crippen MR) is 111 cm³/mol. The van der Waals surface area contributed by atoms with Gasteiger partial charge in [-0.3, -0.25) is 0 Å². The number of hydrogen-bond donors (Lipinski definition) is 2. The number of benzene rings is 1. The molecule has 150 valence electrons. The SMILES string of the molecule is C[C@@]12CC[C@@](C)(N1)[C@@H](F)/C(=C\c1nnc(-c3ccc(-n4ccnc4)cc3O)s1)C2. The van der Waals surface area contributed by atoms with Gasteiger partial charge in [-0.2, -0.15) is 0 Å². The van der Waals surface area contributed by atoms with Gasteiger partial charge >= 0.3 is 0 Å². The summed E-state index contributed by atoms with van der Waals surface area (Å²) in [5.41, 5.74) is 1.62. The molecule has 0 spiro atoms. The van der Waals surface area contributed by atoms with Crippen LogP contribution < -0.4 is 5.32 Å². The summed E-state index contributed by atoms with van der Waals surface area (Å²) in [6.45, 7) is 4.12. The first-order valence-electron chi connectivity index (χ1n) is 9.64. The molecule has 0 aliphatic carbocycles. The van der Waals surface area contributed by atoms with E-state index in [0.717, 1.165) is 24.1 Å². The van der Waals surface area contributed by atoms with Crippen LogP contribution in [0.2, 0.25) is 0 Å². The summed E-state index contributed by atoms with van der Waals surface area (Å²) in [6, 6.07) is 5.37. The molecule has 2 aromatic heterocycles. The Hall–Kier alpha value is -2.58. The monoisotopic (exact) mass is 411 g/mol. The molecule has 0 unspecified atom stereocenters. The largest absolute Gasteiger partial charge is 0.507 e. The fraction of sp³-hybridized carbons (Fsp3) is 0.381. The lowest BCUT2D eigenvalue weighted by Gasteiger charge is -2.41. The fourth-order valence-corrected chi connectivity index (χ4v) is 5.43. The number of piperidine rings is 1. The minimum Gasteiger partial charge on any atom is -0.507 e. The van der Waals surface area contributed by atoms with Crippen LogP contribution in [0.25, 0.3) is 22.3 Å². The minimum absolute atomic E-state index is 0.0574. The van der Waals surface area contributed by atoms with Crippen LogP contribution >= 0.6 is 11.3 Å². The number of imidazole rings is 1. The third-order valence-electron chi connectivity index (χ3n) is 6.03. The van der Waals surface area contributed by atoms with Crippen molar-refractivity contribution in [3.63, 3.8) is 0 Å². The molecular weight excluding hydrogens is 389 g/mol. The van der Waals surface area contributed by atoms with Crippen LogP contribution in [0.5, 0.6) is 5.75 Å². The first-order chi connectivity index (χ1) is 13.9. The fourth-order valence-electron chi connectivity index (χ4n) is 4.58. The molecular formula is C21H22FN5OS. The van der Waals surface area contributed by atoms with E-state index in [1.54, 1.807) is 18.6 Å². The van der Waals surface area contributed by atoms with Crippen LogP contribution in [0.4, 0.5) is 4.39 Å². The summed E-state index contributed by atoms with van der Waals surface area (Å²) in [7, 11) is 0. The van der Waals surface area contributed by atoms with Crippen molar-refractivity contribution in [3.8, 4) is 22.0 Å². The molecule has 0 saturated carbocycles. The van der Waals surface area contributed by atoms with Gasteiger partial charge in [-0.15, -0.1) is 10.2 Å². The molecule has 2 fully saturated rings. The standard InChI is InChI=1S/C21H22FN5OS/c1-20-5-6-21(2,26-20)18(22)13(11-20)9-17-24-25-19(29-17)15-4-3-14(10-16(15)28)27-8-7-23-12-27/h3-4,7-10,12,18,26,28H,5-6,11H2,1-2H3/b13-9-/t18-,20-,21+/m0/s1. The van der Waals surface area contributed by atoms with Crippen molar-refractivity contribution in [1.29, 1.82) is 0 Å². The van der Waals surface area contributed by atoms with Gasteiger partial charge in [0.15, 0.2) is 5.01 Å². The van der Waals surface area contributed by atoms with E-state index >= 15 is 4.39 Å². The van der Waals surface area contributed by atoms with Crippen molar-refractivity contribution in [1.82, 2.24) is 25.1 Å². The highest BCUT2D eigenvalue weighted by molar-refractivity contribution is 7.15. The van der Waals surface area contributed by atoms with Gasteiger partial charge in [-0.05, 0) is 56.9 Å². The second-order valence-corrected chi connectivity index (χ2v) is 9.49. The number of fused-ring (bicyclic) bond motifs is 2. The van der Waals surface area contributed by atoms with Gasteiger partial charge < -0.3 is 15.0 Å². The van der Waals surface area contributed by atoms with Crippen LogP contribution in [0.15, 0.2) is 42.5 Å². The number of aromatic nitrogens is 4. The minimum atomic E-state index is -1.03. The highest BCUT2D eigenvalue weighted by Crippen LogP contribution is 2.46. The molecule has 0 amide bonds. The Bertz CT molecular complexity index is 1090. The number of rotatable bonds is 3. The number of phenolic OH excluding ortho intramolecular Hbond substituents is 1. The zero-order chi connectivity index (χ0) is 20.2. The van der Waals surface area contributed by atoms with Crippen molar-refractivity contribution >= 4 is 17.4 Å². The lowest BCUT2D eigenvalue weighted by atomic mass is 9.83. The van der Waals surface area contributed by atoms with Gasteiger partial charge in [0, 0.05) is 24.0 Å². The van der Waals surface area contributed by atoms with Crippen LogP contribution in [0.3, 0.4) is 0 Å². The maximum Gasteiger partial charge on any atom is 0.151 e. The number of phenols is 1. The highest BCUT2D eigenvalue weighted by atomic mass is 32.1. The first kappa shape index (κ1) is 18.4. The molecule has 2 N–H and O–H groups in total. The van der Waals surface area contributed by atoms with Crippen LogP contribution in [0, 0.1) is 0 Å². The highest BCUT2D eigenvalue weighted by Gasteiger charge is 2.53. The third-order valence-corrected chi connectivity index (χ3v) is 6.93. The van der Waals surface area contributed by atoms with E-state index in [0.29, 0.717) is 22.0 Å². The molecule has 29 heavy (non-hydrogen) atoms. The number of alkyl halides is 1. The van der Waals surface area contributed by atoms with E-state index in [9.17, 15) is 5.11 Å². The summed E-state index contributed by atoms with van der Waals surface area (Å²) in [4.78, 5) is 4.02. The topological polar surface area (TPSA) is 75.9 Å². The van der Waals surface area contributed by atoms with Gasteiger partial charge in [0.2, 0.25) is 0 Å². The normalized spacial score (nSPS) is 30.2. The summed E-state index contributed by atoms with van der Waals surface area (Å²) >= 11 is 1.36. The Morgan fingerprint density at radius 3 is 2.93 bits per heavy atom. The molecule has 2 aliphatic rings. The molecule has 0 radical (unpaired) electrons. The van der Waals surface area contributed by atoms with Crippen LogP contribution in [-0.2, 0) is 0 Å². The second kappa shape index (κ2) is 6.47. The molecule has 3 aromatic rings. The van der Waals surface area contributed by atoms with E-state index in [4.69, 9.17) is 0 Å². The molecule has 2 aliphatic heterocycles. The Labute approximate surface area is 172 Å². The maximum atomic E-state index is 15.1. The van der Waals surface area contributed by atoms with Gasteiger partial charge in [-0.1, -0.05) is 11.3 Å².